The number of carbonyl (C=O) groups excluding carboxylic acids is 2. The van der Waals surface area contributed by atoms with Crippen molar-refractivity contribution in [2.75, 3.05) is 20.6 Å². The number of nitrogens with zero attached hydrogens (tertiary/aromatic N) is 2. The van der Waals surface area contributed by atoms with Gasteiger partial charge in [0.1, 0.15) is 12.1 Å². The fourth-order valence-corrected chi connectivity index (χ4v) is 1.89. The van der Waals surface area contributed by atoms with Gasteiger partial charge in [-0.1, -0.05) is 28.1 Å². The van der Waals surface area contributed by atoms with Gasteiger partial charge in [-0.3, -0.25) is 9.69 Å². The molecular weight excluding hydrogens is 348 g/mol. The molecule has 0 N–H and O–H groups in total. The molecule has 0 atom stereocenters. The van der Waals surface area contributed by atoms with Crippen LogP contribution in [0.3, 0.4) is 0 Å². The lowest BCUT2D eigenvalue weighted by Gasteiger charge is -2.28. The summed E-state index contributed by atoms with van der Waals surface area (Å²) in [5, 5.41) is 0. The van der Waals surface area contributed by atoms with Crippen molar-refractivity contribution in [3.8, 4) is 0 Å². The molecule has 0 radical (unpaired) electrons. The molecule has 0 aliphatic carbocycles. The number of amides is 2. The quantitative estimate of drug-likeness (QED) is 0.816. The molecule has 1 rings (SSSR count). The number of hydrogen-bond acceptors (Lipinski definition) is 3. The molecule has 1 aromatic carbocycles. The predicted octanol–water partition coefficient (Wildman–Crippen LogP) is 3.27. The topological polar surface area (TPSA) is 49.9 Å². The van der Waals surface area contributed by atoms with Gasteiger partial charge in [0.05, 0.1) is 0 Å². The highest BCUT2D eigenvalue weighted by Gasteiger charge is 2.24. The molecule has 0 spiro atoms. The van der Waals surface area contributed by atoms with Gasteiger partial charge >= 0.3 is 6.09 Å². The maximum Gasteiger partial charge on any atom is 0.411 e. The molecule has 122 valence electrons. The summed E-state index contributed by atoms with van der Waals surface area (Å²) in [5.74, 6) is -0.150. The van der Waals surface area contributed by atoms with E-state index >= 15 is 0 Å². The summed E-state index contributed by atoms with van der Waals surface area (Å²) < 4.78 is 6.35. The standard InChI is InChI=1S/C16H23BrN2O3/c1-16(2,3)22-15(21)19(11-14(20)18(4)5)10-12-6-8-13(17)9-7-12/h6-9H,10-11H2,1-5H3. The van der Waals surface area contributed by atoms with Crippen molar-refractivity contribution in [1.29, 1.82) is 0 Å². The molecule has 1 aromatic rings. The third kappa shape index (κ3) is 6.47. The molecule has 0 bridgehead atoms. The van der Waals surface area contributed by atoms with E-state index in [0.717, 1.165) is 10.0 Å². The Morgan fingerprint density at radius 1 is 1.14 bits per heavy atom. The van der Waals surface area contributed by atoms with Gasteiger partial charge in [0.2, 0.25) is 5.91 Å². The fourth-order valence-electron chi connectivity index (χ4n) is 1.63. The van der Waals surface area contributed by atoms with Crippen LogP contribution in [0.2, 0.25) is 0 Å². The lowest BCUT2D eigenvalue weighted by atomic mass is 10.2. The molecule has 6 heteroatoms. The highest BCUT2D eigenvalue weighted by atomic mass is 79.9. The number of hydrogen-bond donors (Lipinski definition) is 0. The Balaban J connectivity index is 2.87. The molecule has 2 amide bonds. The number of carbonyl (C=O) groups is 2. The molecule has 0 heterocycles. The van der Waals surface area contributed by atoms with Gasteiger partial charge in [0, 0.05) is 25.1 Å². The zero-order valence-electron chi connectivity index (χ0n) is 13.7. The van der Waals surface area contributed by atoms with E-state index in [2.05, 4.69) is 15.9 Å². The van der Waals surface area contributed by atoms with Crippen molar-refractivity contribution < 1.29 is 14.3 Å². The molecule has 0 saturated heterocycles. The molecular formula is C16H23BrN2O3. The monoisotopic (exact) mass is 370 g/mol. The van der Waals surface area contributed by atoms with Crippen LogP contribution in [0.15, 0.2) is 28.7 Å². The summed E-state index contributed by atoms with van der Waals surface area (Å²) in [4.78, 5) is 27.1. The van der Waals surface area contributed by atoms with E-state index in [4.69, 9.17) is 4.74 Å². The molecule has 0 fully saturated rings. The molecule has 0 saturated carbocycles. The maximum absolute atomic E-state index is 12.3. The van der Waals surface area contributed by atoms with Crippen LogP contribution in [0, 0.1) is 0 Å². The summed E-state index contributed by atoms with van der Waals surface area (Å²) in [5.41, 5.74) is 0.330. The van der Waals surface area contributed by atoms with Crippen LogP contribution in [0.5, 0.6) is 0 Å². The second-order valence-corrected chi connectivity index (χ2v) is 7.17. The Labute approximate surface area is 140 Å². The lowest BCUT2D eigenvalue weighted by Crippen LogP contribution is -2.42. The van der Waals surface area contributed by atoms with Gasteiger partial charge < -0.3 is 9.64 Å². The van der Waals surface area contributed by atoms with E-state index < -0.39 is 11.7 Å². The van der Waals surface area contributed by atoms with Gasteiger partial charge in [0.15, 0.2) is 0 Å². The molecule has 0 aliphatic heterocycles. The van der Waals surface area contributed by atoms with Gasteiger partial charge in [-0.2, -0.15) is 0 Å². The van der Waals surface area contributed by atoms with Crippen LogP contribution in [0.4, 0.5) is 4.79 Å². The first-order chi connectivity index (χ1) is 10.1. The first-order valence-corrected chi connectivity index (χ1v) is 7.80. The van der Waals surface area contributed by atoms with Crippen LogP contribution in [0.1, 0.15) is 26.3 Å². The van der Waals surface area contributed by atoms with E-state index in [0.29, 0.717) is 6.54 Å². The predicted molar refractivity (Wildman–Crippen MR) is 89.5 cm³/mol. The van der Waals surface area contributed by atoms with Gasteiger partial charge in [0.25, 0.3) is 0 Å². The minimum atomic E-state index is -0.601. The average Bonchev–Trinajstić information content (AvgIpc) is 2.38. The van der Waals surface area contributed by atoms with E-state index in [1.807, 2.05) is 24.3 Å². The number of likely N-dealkylation sites (N-methyl/N-ethyl adjacent to an activating group) is 1. The highest BCUT2D eigenvalue weighted by Crippen LogP contribution is 2.15. The maximum atomic E-state index is 12.3. The first kappa shape index (κ1) is 18.5. The minimum Gasteiger partial charge on any atom is -0.444 e. The van der Waals surface area contributed by atoms with Crippen LogP contribution in [-0.2, 0) is 16.1 Å². The Bertz CT molecular complexity index is 521. The van der Waals surface area contributed by atoms with Crippen LogP contribution < -0.4 is 0 Å². The third-order valence-electron chi connectivity index (χ3n) is 2.76. The highest BCUT2D eigenvalue weighted by molar-refractivity contribution is 9.10. The number of halogens is 1. The van der Waals surface area contributed by atoms with Gasteiger partial charge in [-0.25, -0.2) is 4.79 Å². The van der Waals surface area contributed by atoms with Crippen molar-refractivity contribution in [2.45, 2.75) is 32.9 Å². The van der Waals surface area contributed by atoms with Crippen molar-refractivity contribution in [2.24, 2.45) is 0 Å². The second-order valence-electron chi connectivity index (χ2n) is 6.25. The lowest BCUT2D eigenvalue weighted by molar-refractivity contribution is -0.130. The van der Waals surface area contributed by atoms with Gasteiger partial charge in [-0.15, -0.1) is 0 Å². The number of benzene rings is 1. The van der Waals surface area contributed by atoms with Crippen molar-refractivity contribution in [1.82, 2.24) is 9.80 Å². The number of ether oxygens (including phenoxy) is 1. The molecule has 22 heavy (non-hydrogen) atoms. The van der Waals surface area contributed by atoms with E-state index in [1.165, 1.54) is 9.80 Å². The van der Waals surface area contributed by atoms with E-state index in [9.17, 15) is 9.59 Å². The second kappa shape index (κ2) is 7.63. The molecule has 0 aromatic heterocycles. The summed E-state index contributed by atoms with van der Waals surface area (Å²) in [6, 6.07) is 7.61. The van der Waals surface area contributed by atoms with E-state index in [-0.39, 0.29) is 12.5 Å². The summed E-state index contributed by atoms with van der Waals surface area (Å²) in [6.07, 6.45) is -0.495. The van der Waals surface area contributed by atoms with Crippen molar-refractivity contribution >= 4 is 27.9 Å². The Kier molecular flexibility index (Phi) is 6.41. The first-order valence-electron chi connectivity index (χ1n) is 7.01. The van der Waals surface area contributed by atoms with Gasteiger partial charge in [-0.05, 0) is 38.5 Å². The summed E-state index contributed by atoms with van der Waals surface area (Å²) in [6.45, 7) is 5.71. The third-order valence-corrected chi connectivity index (χ3v) is 3.29. The van der Waals surface area contributed by atoms with Crippen LogP contribution >= 0.6 is 15.9 Å². The van der Waals surface area contributed by atoms with E-state index in [1.54, 1.807) is 34.9 Å². The Morgan fingerprint density at radius 3 is 2.14 bits per heavy atom. The van der Waals surface area contributed by atoms with Crippen molar-refractivity contribution in [3.63, 3.8) is 0 Å². The zero-order chi connectivity index (χ0) is 16.9. The van der Waals surface area contributed by atoms with Crippen LogP contribution in [-0.4, -0.2) is 48.0 Å². The summed E-state index contributed by atoms with van der Waals surface area (Å²) in [7, 11) is 3.32. The molecule has 5 nitrogen and oxygen atoms in total. The average molecular weight is 371 g/mol. The number of rotatable bonds is 4. The Hall–Kier alpha value is -1.56. The van der Waals surface area contributed by atoms with Crippen molar-refractivity contribution in [3.05, 3.63) is 34.3 Å². The normalized spacial score (nSPS) is 11.0. The Morgan fingerprint density at radius 2 is 1.68 bits per heavy atom. The molecule has 0 unspecified atom stereocenters. The zero-order valence-corrected chi connectivity index (χ0v) is 15.3. The largest absolute Gasteiger partial charge is 0.444 e. The SMILES string of the molecule is CN(C)C(=O)CN(Cc1ccc(Br)cc1)C(=O)OC(C)(C)C. The fraction of sp³-hybridized carbons (Fsp3) is 0.500. The smallest absolute Gasteiger partial charge is 0.411 e. The summed E-state index contributed by atoms with van der Waals surface area (Å²) >= 11 is 3.37. The minimum absolute atomic E-state index is 0.0159. The molecule has 0 aliphatic rings. The van der Waals surface area contributed by atoms with Crippen LogP contribution in [0.25, 0.3) is 0 Å².